The summed E-state index contributed by atoms with van der Waals surface area (Å²) in [6, 6.07) is 8.83. The van der Waals surface area contributed by atoms with Crippen molar-refractivity contribution in [1.82, 2.24) is 25.2 Å². The Kier molecular flexibility index (Phi) is 7.87. The van der Waals surface area contributed by atoms with Crippen molar-refractivity contribution < 1.29 is 0 Å². The molecule has 2 N–H and O–H groups in total. The van der Waals surface area contributed by atoms with Gasteiger partial charge in [-0.1, -0.05) is 6.07 Å². The summed E-state index contributed by atoms with van der Waals surface area (Å²) in [5.74, 6) is 1.70. The Labute approximate surface area is 192 Å². The van der Waals surface area contributed by atoms with Crippen LogP contribution in [0.5, 0.6) is 0 Å². The molecule has 1 aliphatic heterocycles. The van der Waals surface area contributed by atoms with Crippen LogP contribution < -0.4 is 15.5 Å². The van der Waals surface area contributed by atoms with E-state index in [1.54, 1.807) is 12.5 Å². The quantitative estimate of drug-likeness (QED) is 0.305. The van der Waals surface area contributed by atoms with Crippen LogP contribution in [0.3, 0.4) is 0 Å². The summed E-state index contributed by atoms with van der Waals surface area (Å²) in [5.41, 5.74) is 1.11. The van der Waals surface area contributed by atoms with Gasteiger partial charge < -0.3 is 15.5 Å². The van der Waals surface area contributed by atoms with Crippen molar-refractivity contribution in [1.29, 1.82) is 0 Å². The first-order chi connectivity index (χ1) is 13.8. The molecule has 1 saturated heterocycles. The molecule has 154 valence electrons. The van der Waals surface area contributed by atoms with Gasteiger partial charge in [-0.25, -0.2) is 9.97 Å². The van der Waals surface area contributed by atoms with Crippen LogP contribution >= 0.6 is 35.3 Å². The van der Waals surface area contributed by atoms with E-state index in [0.717, 1.165) is 43.3 Å². The number of imidazole rings is 1. The Bertz CT molecular complexity index is 870. The minimum absolute atomic E-state index is 0. The van der Waals surface area contributed by atoms with E-state index in [9.17, 15) is 0 Å². The fraction of sp³-hybridized carbons (Fsp3) is 0.350. The van der Waals surface area contributed by atoms with Crippen molar-refractivity contribution >= 4 is 46.3 Å². The van der Waals surface area contributed by atoms with Crippen molar-refractivity contribution in [2.75, 3.05) is 25.0 Å². The minimum atomic E-state index is 0. The Hall–Kier alpha value is -2.14. The molecule has 0 bridgehead atoms. The van der Waals surface area contributed by atoms with E-state index in [-0.39, 0.29) is 24.0 Å². The highest BCUT2D eigenvalue weighted by Crippen LogP contribution is 2.24. The lowest BCUT2D eigenvalue weighted by molar-refractivity contribution is 0.463. The lowest BCUT2D eigenvalue weighted by Crippen LogP contribution is -2.48. The maximum atomic E-state index is 4.49. The van der Waals surface area contributed by atoms with Gasteiger partial charge in [0.25, 0.3) is 0 Å². The second-order valence-electron chi connectivity index (χ2n) is 6.78. The van der Waals surface area contributed by atoms with Crippen molar-refractivity contribution in [3.05, 3.63) is 60.1 Å². The summed E-state index contributed by atoms with van der Waals surface area (Å²) >= 11 is 1.81. The number of aromatic nitrogens is 3. The summed E-state index contributed by atoms with van der Waals surface area (Å²) in [7, 11) is 1.82. The van der Waals surface area contributed by atoms with Crippen LogP contribution in [0.1, 0.15) is 18.4 Å². The highest BCUT2D eigenvalue weighted by Gasteiger charge is 2.20. The van der Waals surface area contributed by atoms with Crippen LogP contribution in [-0.2, 0) is 6.54 Å². The van der Waals surface area contributed by atoms with Gasteiger partial charge in [0.1, 0.15) is 12.1 Å². The van der Waals surface area contributed by atoms with Crippen molar-refractivity contribution in [3.63, 3.8) is 0 Å². The number of nitrogens with zero attached hydrogens (tertiary/aromatic N) is 5. The van der Waals surface area contributed by atoms with E-state index < -0.39 is 0 Å². The Morgan fingerprint density at radius 3 is 2.76 bits per heavy atom. The fourth-order valence-corrected chi connectivity index (χ4v) is 4.12. The number of anilines is 1. The Morgan fingerprint density at radius 1 is 1.28 bits per heavy atom. The zero-order valence-electron chi connectivity index (χ0n) is 16.4. The molecule has 0 spiro atoms. The van der Waals surface area contributed by atoms with Gasteiger partial charge in [-0.2, -0.15) is 0 Å². The molecule has 1 aliphatic rings. The SMILES string of the molecule is CN=C(NCc1ccc(-n2ccnc2)nc1)NC1CCN(c2cccs2)CC1.I. The molecule has 4 rings (SSSR count). The third kappa shape index (κ3) is 5.69. The minimum Gasteiger partial charge on any atom is -0.363 e. The fourth-order valence-electron chi connectivity index (χ4n) is 3.34. The first-order valence-electron chi connectivity index (χ1n) is 9.51. The molecule has 1 fully saturated rings. The summed E-state index contributed by atoms with van der Waals surface area (Å²) in [4.78, 5) is 15.4. The van der Waals surface area contributed by atoms with E-state index in [1.807, 2.05) is 41.4 Å². The number of hydrogen-bond acceptors (Lipinski definition) is 5. The van der Waals surface area contributed by atoms with Crippen molar-refractivity contribution in [2.24, 2.45) is 4.99 Å². The smallest absolute Gasteiger partial charge is 0.191 e. The monoisotopic (exact) mass is 523 g/mol. The first-order valence-corrected chi connectivity index (χ1v) is 10.4. The van der Waals surface area contributed by atoms with E-state index >= 15 is 0 Å². The summed E-state index contributed by atoms with van der Waals surface area (Å²) in [6.45, 7) is 2.84. The van der Waals surface area contributed by atoms with Gasteiger partial charge in [0.15, 0.2) is 5.96 Å². The number of piperidine rings is 1. The van der Waals surface area contributed by atoms with Gasteiger partial charge in [-0.3, -0.25) is 9.56 Å². The van der Waals surface area contributed by atoms with Gasteiger partial charge in [-0.15, -0.1) is 35.3 Å². The molecule has 29 heavy (non-hydrogen) atoms. The summed E-state index contributed by atoms with van der Waals surface area (Å²) < 4.78 is 1.89. The number of rotatable bonds is 5. The molecular formula is C20H26IN7S. The Morgan fingerprint density at radius 2 is 2.14 bits per heavy atom. The largest absolute Gasteiger partial charge is 0.363 e. The molecule has 0 radical (unpaired) electrons. The molecule has 3 aromatic rings. The van der Waals surface area contributed by atoms with Crippen LogP contribution in [0.4, 0.5) is 5.00 Å². The van der Waals surface area contributed by atoms with Gasteiger partial charge in [0.05, 0.1) is 5.00 Å². The van der Waals surface area contributed by atoms with Gasteiger partial charge in [0, 0.05) is 51.3 Å². The van der Waals surface area contributed by atoms with E-state index in [1.165, 1.54) is 5.00 Å². The number of halogens is 1. The standard InChI is InChI=1S/C20H25N7S.HI/c1-21-20(25-17-6-9-26(10-7-17)19-3-2-12-28-19)24-14-16-4-5-18(23-13-16)27-11-8-22-15-27;/h2-5,8,11-13,15,17H,6-7,9-10,14H2,1H3,(H2,21,24,25);1H. The lowest BCUT2D eigenvalue weighted by atomic mass is 10.1. The number of aliphatic imine (C=N–C) groups is 1. The maximum Gasteiger partial charge on any atom is 0.191 e. The maximum absolute atomic E-state index is 4.49. The number of guanidine groups is 1. The zero-order chi connectivity index (χ0) is 19.2. The van der Waals surface area contributed by atoms with Crippen LogP contribution in [-0.4, -0.2) is 46.7 Å². The first kappa shape index (κ1) is 21.6. The van der Waals surface area contributed by atoms with E-state index in [0.29, 0.717) is 12.6 Å². The van der Waals surface area contributed by atoms with Crippen LogP contribution in [0, 0.1) is 0 Å². The Balaban J connectivity index is 0.00000240. The number of hydrogen-bond donors (Lipinski definition) is 2. The van der Waals surface area contributed by atoms with Crippen LogP contribution in [0.15, 0.2) is 59.6 Å². The summed E-state index contributed by atoms with van der Waals surface area (Å²) in [6.07, 6.45) is 9.48. The van der Waals surface area contributed by atoms with Gasteiger partial charge in [0.2, 0.25) is 0 Å². The average Bonchev–Trinajstić information content (AvgIpc) is 3.46. The van der Waals surface area contributed by atoms with Crippen molar-refractivity contribution in [2.45, 2.75) is 25.4 Å². The molecule has 3 aromatic heterocycles. The molecule has 9 heteroatoms. The second-order valence-corrected chi connectivity index (χ2v) is 7.70. The van der Waals surface area contributed by atoms with Crippen LogP contribution in [0.25, 0.3) is 5.82 Å². The molecule has 0 aromatic carbocycles. The summed E-state index contributed by atoms with van der Waals surface area (Å²) in [5, 5.41) is 10.5. The van der Waals surface area contributed by atoms with Gasteiger partial charge >= 0.3 is 0 Å². The third-order valence-corrected chi connectivity index (χ3v) is 5.84. The predicted octanol–water partition coefficient (Wildman–Crippen LogP) is 3.28. The number of pyridine rings is 1. The highest BCUT2D eigenvalue weighted by atomic mass is 127. The molecule has 0 unspecified atom stereocenters. The van der Waals surface area contributed by atoms with E-state index in [4.69, 9.17) is 0 Å². The molecule has 0 amide bonds. The predicted molar refractivity (Wildman–Crippen MR) is 130 cm³/mol. The number of nitrogens with one attached hydrogen (secondary N) is 2. The second kappa shape index (κ2) is 10.6. The number of thiophene rings is 1. The molecule has 0 aliphatic carbocycles. The topological polar surface area (TPSA) is 70.4 Å². The average molecular weight is 523 g/mol. The van der Waals surface area contributed by atoms with Crippen molar-refractivity contribution in [3.8, 4) is 5.82 Å². The molecule has 7 nitrogen and oxygen atoms in total. The normalized spacial score (nSPS) is 15.1. The lowest BCUT2D eigenvalue weighted by Gasteiger charge is -2.33. The third-order valence-electron chi connectivity index (χ3n) is 4.92. The van der Waals surface area contributed by atoms with Gasteiger partial charge in [-0.05, 0) is 42.0 Å². The molecule has 4 heterocycles. The molecule has 0 atom stereocenters. The molecule has 0 saturated carbocycles. The van der Waals surface area contributed by atoms with E-state index in [2.05, 4.69) is 54.1 Å². The zero-order valence-corrected chi connectivity index (χ0v) is 19.5. The van der Waals surface area contributed by atoms with Crippen LogP contribution in [0.2, 0.25) is 0 Å². The highest BCUT2D eigenvalue weighted by molar-refractivity contribution is 14.0. The molecular weight excluding hydrogens is 497 g/mol.